The maximum atomic E-state index is 11.2. The molecular weight excluding hydrogens is 376 g/mol. The lowest BCUT2D eigenvalue weighted by molar-refractivity contribution is -0.154. The third-order valence-corrected chi connectivity index (χ3v) is 5.08. The maximum Gasteiger partial charge on any atom is 0.305 e. The monoisotopic (exact) mass is 424 g/mol. The van der Waals surface area contributed by atoms with Crippen molar-refractivity contribution in [2.24, 2.45) is 0 Å². The second kappa shape index (κ2) is 24.1. The van der Waals surface area contributed by atoms with Gasteiger partial charge in [-0.3, -0.25) is 4.79 Å². The summed E-state index contributed by atoms with van der Waals surface area (Å²) in [7, 11) is 0. The number of carbonyl (C=O) groups is 1. The van der Waals surface area contributed by atoms with Crippen LogP contribution in [0.25, 0.3) is 0 Å². The molecule has 0 heterocycles. The molecule has 0 fully saturated rings. The van der Waals surface area contributed by atoms with Gasteiger partial charge in [0.05, 0.1) is 13.2 Å². The average molecular weight is 425 g/mol. The van der Waals surface area contributed by atoms with Crippen molar-refractivity contribution in [2.75, 3.05) is 19.8 Å². The molecule has 176 valence electrons. The van der Waals surface area contributed by atoms with Crippen molar-refractivity contribution in [1.82, 2.24) is 0 Å². The highest BCUT2D eigenvalue weighted by molar-refractivity contribution is 5.69. The third-order valence-electron chi connectivity index (χ3n) is 5.08. The molecule has 0 saturated heterocycles. The number of rotatable bonds is 22. The summed E-state index contributed by atoms with van der Waals surface area (Å²) in [5, 5.41) is 9.17. The number of allylic oxidation sites excluding steroid dienone is 4. The number of hydrogen-bond donors (Lipinski definition) is 1. The lowest BCUT2D eigenvalue weighted by Gasteiger charge is -2.15. The molecule has 0 aliphatic carbocycles. The van der Waals surface area contributed by atoms with Gasteiger partial charge in [-0.15, -0.1) is 0 Å². The van der Waals surface area contributed by atoms with Gasteiger partial charge >= 0.3 is 5.97 Å². The van der Waals surface area contributed by atoms with Crippen molar-refractivity contribution in [1.29, 1.82) is 0 Å². The second-order valence-electron chi connectivity index (χ2n) is 8.01. The molecule has 1 N–H and O–H groups in total. The zero-order valence-electron chi connectivity index (χ0n) is 19.8. The van der Waals surface area contributed by atoms with Gasteiger partial charge in [0.2, 0.25) is 0 Å². The molecule has 1 unspecified atom stereocenters. The van der Waals surface area contributed by atoms with Crippen LogP contribution in [0, 0.1) is 0 Å². The molecule has 1 atom stereocenters. The molecule has 0 aliphatic heterocycles. The lowest BCUT2D eigenvalue weighted by atomic mass is 10.1. The number of carbonyl (C=O) groups excluding carboxylic acids is 1. The van der Waals surface area contributed by atoms with Crippen LogP contribution in [0.15, 0.2) is 24.3 Å². The number of hydrogen-bond acceptors (Lipinski definition) is 4. The van der Waals surface area contributed by atoms with Crippen molar-refractivity contribution in [3.63, 3.8) is 0 Å². The van der Waals surface area contributed by atoms with E-state index in [4.69, 9.17) is 14.6 Å². The van der Waals surface area contributed by atoms with Crippen LogP contribution in [0.4, 0.5) is 0 Å². The first-order valence-electron chi connectivity index (χ1n) is 12.4. The van der Waals surface area contributed by atoms with Crippen molar-refractivity contribution < 1.29 is 19.4 Å². The van der Waals surface area contributed by atoms with E-state index in [-0.39, 0.29) is 19.2 Å². The van der Waals surface area contributed by atoms with E-state index in [0.717, 1.165) is 12.8 Å². The van der Waals surface area contributed by atoms with Crippen LogP contribution < -0.4 is 0 Å². The van der Waals surface area contributed by atoms with Gasteiger partial charge < -0.3 is 14.6 Å². The van der Waals surface area contributed by atoms with E-state index < -0.39 is 6.10 Å². The Kier molecular flexibility index (Phi) is 23.2. The van der Waals surface area contributed by atoms with Gasteiger partial charge in [-0.1, -0.05) is 89.5 Å². The summed E-state index contributed by atoms with van der Waals surface area (Å²) in [5.74, 6) is -0.293. The Bertz CT molecular complexity index is 417. The largest absolute Gasteiger partial charge is 0.457 e. The number of aliphatic hydroxyl groups is 1. The van der Waals surface area contributed by atoms with Gasteiger partial charge in [-0.25, -0.2) is 0 Å². The van der Waals surface area contributed by atoms with Crippen LogP contribution >= 0.6 is 0 Å². The van der Waals surface area contributed by atoms with E-state index in [1.54, 1.807) is 6.92 Å². The summed E-state index contributed by atoms with van der Waals surface area (Å²) in [6, 6.07) is 0. The van der Waals surface area contributed by atoms with Gasteiger partial charge in [-0.2, -0.15) is 0 Å². The summed E-state index contributed by atoms with van der Waals surface area (Å²) in [5.41, 5.74) is 0. The smallest absolute Gasteiger partial charge is 0.305 e. The van der Waals surface area contributed by atoms with Crippen molar-refractivity contribution in [3.05, 3.63) is 24.3 Å². The predicted octanol–water partition coefficient (Wildman–Crippen LogP) is 6.91. The van der Waals surface area contributed by atoms with Crippen molar-refractivity contribution in [2.45, 2.75) is 116 Å². The molecule has 0 rings (SSSR count). The Labute approximate surface area is 186 Å². The predicted molar refractivity (Wildman–Crippen MR) is 127 cm³/mol. The zero-order chi connectivity index (χ0) is 22.1. The van der Waals surface area contributed by atoms with Gasteiger partial charge in [0.15, 0.2) is 0 Å². The van der Waals surface area contributed by atoms with Gasteiger partial charge in [0.25, 0.3) is 0 Å². The van der Waals surface area contributed by atoms with Gasteiger partial charge in [-0.05, 0) is 38.5 Å². The highest BCUT2D eigenvalue weighted by Crippen LogP contribution is 2.10. The summed E-state index contributed by atoms with van der Waals surface area (Å²) in [4.78, 5) is 11.2. The lowest BCUT2D eigenvalue weighted by Crippen LogP contribution is -2.27. The second-order valence-corrected chi connectivity index (χ2v) is 8.01. The maximum absolute atomic E-state index is 11.2. The van der Waals surface area contributed by atoms with Gasteiger partial charge in [0, 0.05) is 13.0 Å². The summed E-state index contributed by atoms with van der Waals surface area (Å²) >= 11 is 0. The Morgan fingerprint density at radius 3 is 1.93 bits per heavy atom. The van der Waals surface area contributed by atoms with Crippen molar-refractivity contribution in [3.8, 4) is 0 Å². The van der Waals surface area contributed by atoms with Crippen LogP contribution in [0.2, 0.25) is 0 Å². The molecule has 0 saturated carbocycles. The standard InChI is InChI=1S/C26H48O4/c1-3-5-6-7-8-9-10-11-12-13-14-15-16-17-18-19-20-21-22-29-24-25(23-27)30-26(28)4-2/h8-9,11-12,25,27H,3-7,10,13-24H2,1-2H3/b9-8-,12-11-. The van der Waals surface area contributed by atoms with Crippen LogP contribution in [0.1, 0.15) is 110 Å². The molecule has 0 amide bonds. The average Bonchev–Trinajstić information content (AvgIpc) is 2.76. The molecule has 0 aromatic carbocycles. The van der Waals surface area contributed by atoms with E-state index in [1.165, 1.54) is 77.0 Å². The Balaban J connectivity index is 3.29. The molecule has 0 radical (unpaired) electrons. The fraction of sp³-hybridized carbons (Fsp3) is 0.808. The van der Waals surface area contributed by atoms with E-state index >= 15 is 0 Å². The number of esters is 1. The van der Waals surface area contributed by atoms with Crippen LogP contribution in [-0.4, -0.2) is 37.0 Å². The Hall–Kier alpha value is -1.13. The SMILES string of the molecule is CCCCC/C=C\C/C=C\CCCCCCCCCCOCC(CO)OC(=O)CC. The minimum Gasteiger partial charge on any atom is -0.457 e. The van der Waals surface area contributed by atoms with E-state index in [0.29, 0.717) is 13.0 Å². The third kappa shape index (κ3) is 21.6. The first-order valence-corrected chi connectivity index (χ1v) is 12.4. The highest BCUT2D eigenvalue weighted by Gasteiger charge is 2.12. The van der Waals surface area contributed by atoms with E-state index in [9.17, 15) is 4.79 Å². The number of ether oxygens (including phenoxy) is 2. The fourth-order valence-electron chi connectivity index (χ4n) is 3.15. The molecule has 4 nitrogen and oxygen atoms in total. The minimum absolute atomic E-state index is 0.183. The Morgan fingerprint density at radius 1 is 0.800 bits per heavy atom. The number of aliphatic hydroxyl groups excluding tert-OH is 1. The fourth-order valence-corrected chi connectivity index (χ4v) is 3.15. The van der Waals surface area contributed by atoms with Gasteiger partial charge in [0.1, 0.15) is 6.10 Å². The molecule has 4 heteroatoms. The Morgan fingerprint density at radius 2 is 1.37 bits per heavy atom. The van der Waals surface area contributed by atoms with Crippen LogP contribution in [-0.2, 0) is 14.3 Å². The molecule has 0 bridgehead atoms. The summed E-state index contributed by atoms with van der Waals surface area (Å²) in [6.07, 6.45) is 26.6. The first kappa shape index (κ1) is 28.9. The van der Waals surface area contributed by atoms with Crippen molar-refractivity contribution >= 4 is 5.97 Å². The quantitative estimate of drug-likeness (QED) is 0.116. The first-order chi connectivity index (χ1) is 14.7. The van der Waals surface area contributed by atoms with E-state index in [2.05, 4.69) is 31.2 Å². The zero-order valence-corrected chi connectivity index (χ0v) is 19.8. The summed E-state index contributed by atoms with van der Waals surface area (Å²) in [6.45, 7) is 4.76. The number of unbranched alkanes of at least 4 members (excludes halogenated alkanes) is 11. The molecule has 0 aromatic heterocycles. The molecular formula is C26H48O4. The highest BCUT2D eigenvalue weighted by atomic mass is 16.6. The topological polar surface area (TPSA) is 55.8 Å². The molecule has 0 aliphatic rings. The molecule has 0 spiro atoms. The molecule has 0 aromatic rings. The van der Waals surface area contributed by atoms with Crippen LogP contribution in [0.3, 0.4) is 0 Å². The normalized spacial score (nSPS) is 12.8. The minimum atomic E-state index is -0.528. The molecule has 30 heavy (non-hydrogen) atoms. The summed E-state index contributed by atoms with van der Waals surface area (Å²) < 4.78 is 10.6. The van der Waals surface area contributed by atoms with Crippen LogP contribution in [0.5, 0.6) is 0 Å². The van der Waals surface area contributed by atoms with E-state index in [1.807, 2.05) is 0 Å².